The molecule has 328 valence electrons. The maximum atomic E-state index is 13.3. The fourth-order valence-electron chi connectivity index (χ4n) is 5.89. The van der Waals surface area contributed by atoms with E-state index in [4.69, 9.17) is 9.47 Å². The first-order valence-electron chi connectivity index (χ1n) is 19.5. The number of benzene rings is 3. The minimum atomic E-state index is -1.12. The Morgan fingerprint density at radius 2 is 1.34 bits per heavy atom. The molecule has 1 heterocycles. The Kier molecular flexibility index (Phi) is 16.5. The number of hydrogen-bond acceptors (Lipinski definition) is 12. The molecule has 0 aromatic heterocycles. The summed E-state index contributed by atoms with van der Waals surface area (Å²) < 4.78 is 10.1. The number of non-ortho nitro benzene ring substituents is 1. The van der Waals surface area contributed by atoms with Crippen LogP contribution in [0.4, 0.5) is 16.2 Å². The van der Waals surface area contributed by atoms with E-state index in [2.05, 4.69) is 26.6 Å². The molecule has 3 aromatic carbocycles. The monoisotopic (exact) mass is 855 g/mol. The molecule has 0 unspecified atom stereocenters. The summed E-state index contributed by atoms with van der Waals surface area (Å²) in [6.45, 7) is 5.88. The summed E-state index contributed by atoms with van der Waals surface area (Å²) in [6.07, 6.45) is 2.39. The van der Waals surface area contributed by atoms with Gasteiger partial charge < -0.3 is 36.1 Å². The van der Waals surface area contributed by atoms with E-state index in [0.29, 0.717) is 29.7 Å². The van der Waals surface area contributed by atoms with Crippen LogP contribution in [-0.4, -0.2) is 89.5 Å². The van der Waals surface area contributed by atoms with E-state index in [-0.39, 0.29) is 42.8 Å². The van der Waals surface area contributed by atoms with Crippen molar-refractivity contribution in [3.8, 4) is 5.75 Å². The van der Waals surface area contributed by atoms with Crippen molar-refractivity contribution in [2.24, 2.45) is 10.8 Å². The van der Waals surface area contributed by atoms with Crippen LogP contribution in [0.5, 0.6) is 5.75 Å². The van der Waals surface area contributed by atoms with Crippen molar-refractivity contribution in [1.82, 2.24) is 26.2 Å². The highest BCUT2D eigenvalue weighted by Crippen LogP contribution is 2.32. The molecule has 0 fully saturated rings. The van der Waals surface area contributed by atoms with Gasteiger partial charge in [0.05, 0.1) is 24.6 Å². The molecule has 7 amide bonds. The molecule has 19 heteroatoms. The van der Waals surface area contributed by atoms with Crippen LogP contribution in [0.2, 0.25) is 0 Å². The molecule has 0 saturated carbocycles. The Labute approximate surface area is 357 Å². The maximum Gasteiger partial charge on any atom is 0.514 e. The van der Waals surface area contributed by atoms with Gasteiger partial charge in [0, 0.05) is 48.4 Å². The van der Waals surface area contributed by atoms with E-state index >= 15 is 0 Å². The van der Waals surface area contributed by atoms with Crippen LogP contribution in [0.25, 0.3) is 0 Å². The highest BCUT2D eigenvalue weighted by Gasteiger charge is 2.34. The number of nitro groups is 1. The quantitative estimate of drug-likeness (QED) is 0.0341. The van der Waals surface area contributed by atoms with Crippen molar-refractivity contribution in [2.75, 3.05) is 31.5 Å². The van der Waals surface area contributed by atoms with Gasteiger partial charge in [-0.05, 0) is 53.6 Å². The van der Waals surface area contributed by atoms with E-state index in [1.54, 1.807) is 68.4 Å². The first-order valence-corrected chi connectivity index (χ1v) is 19.5. The van der Waals surface area contributed by atoms with Gasteiger partial charge in [0.15, 0.2) is 0 Å². The molecule has 1 aliphatic rings. The van der Waals surface area contributed by atoms with E-state index in [0.717, 1.165) is 4.90 Å². The molecule has 1 atom stereocenters. The van der Waals surface area contributed by atoms with Crippen molar-refractivity contribution in [3.05, 3.63) is 112 Å². The highest BCUT2D eigenvalue weighted by atomic mass is 16.7. The summed E-state index contributed by atoms with van der Waals surface area (Å²) in [5.74, 6) is -3.68. The molecule has 0 spiro atoms. The second-order valence-electron chi connectivity index (χ2n) is 15.8. The fraction of sp³-hybridized carbons (Fsp3) is 0.349. The van der Waals surface area contributed by atoms with Crippen molar-refractivity contribution >= 4 is 58.9 Å². The summed E-state index contributed by atoms with van der Waals surface area (Å²) in [5.41, 5.74) is 0.107. The van der Waals surface area contributed by atoms with Crippen molar-refractivity contribution < 1.29 is 52.8 Å². The minimum absolute atomic E-state index is 0.0609. The van der Waals surface area contributed by atoms with Gasteiger partial charge in [-0.25, -0.2) is 4.79 Å². The molecule has 5 N–H and O–H groups in total. The molecule has 3 aromatic rings. The second-order valence-corrected chi connectivity index (χ2v) is 15.8. The second kappa shape index (κ2) is 21.7. The van der Waals surface area contributed by atoms with Crippen LogP contribution in [0, 0.1) is 20.9 Å². The summed E-state index contributed by atoms with van der Waals surface area (Å²) in [5, 5.41) is 23.5. The lowest BCUT2D eigenvalue weighted by Crippen LogP contribution is -2.52. The van der Waals surface area contributed by atoms with E-state index in [1.165, 1.54) is 36.4 Å². The van der Waals surface area contributed by atoms with Crippen molar-refractivity contribution in [1.29, 1.82) is 0 Å². The first-order chi connectivity index (χ1) is 29.3. The number of nitrogens with one attached hydrogen (secondary N) is 5. The molecule has 62 heavy (non-hydrogen) atoms. The topological polar surface area (TPSA) is 262 Å². The lowest BCUT2D eigenvalue weighted by Gasteiger charge is -2.32. The third-order valence-corrected chi connectivity index (χ3v) is 9.58. The van der Waals surface area contributed by atoms with Gasteiger partial charge in [0.2, 0.25) is 29.5 Å². The zero-order valence-corrected chi connectivity index (χ0v) is 34.7. The molecular formula is C43H49N7O12. The van der Waals surface area contributed by atoms with Crippen LogP contribution in [0.15, 0.2) is 91.0 Å². The first kappa shape index (κ1) is 47.2. The molecule has 0 aliphatic carbocycles. The van der Waals surface area contributed by atoms with Gasteiger partial charge in [-0.1, -0.05) is 70.2 Å². The van der Waals surface area contributed by atoms with Gasteiger partial charge >= 0.3 is 6.16 Å². The number of rotatable bonds is 21. The average Bonchev–Trinajstić information content (AvgIpc) is 3.55. The number of amides is 7. The Balaban J connectivity index is 1.19. The molecule has 0 bridgehead atoms. The summed E-state index contributed by atoms with van der Waals surface area (Å²) in [7, 11) is 0. The lowest BCUT2D eigenvalue weighted by atomic mass is 9.78. The number of ether oxygens (including phenoxy) is 2. The Morgan fingerprint density at radius 1 is 0.726 bits per heavy atom. The average molecular weight is 856 g/mol. The van der Waals surface area contributed by atoms with Crippen molar-refractivity contribution in [2.45, 2.75) is 59.6 Å². The molecule has 1 aliphatic heterocycles. The van der Waals surface area contributed by atoms with E-state index in [1.807, 2.05) is 13.8 Å². The predicted molar refractivity (Wildman–Crippen MR) is 223 cm³/mol. The third-order valence-electron chi connectivity index (χ3n) is 9.58. The molecule has 0 saturated heterocycles. The Hall–Kier alpha value is -7.44. The van der Waals surface area contributed by atoms with Gasteiger partial charge in [-0.2, -0.15) is 0 Å². The van der Waals surface area contributed by atoms with Gasteiger partial charge in [0.25, 0.3) is 17.5 Å². The SMILES string of the molecule is CC(C)(CCC(C)(C)C(=O)NCC(=O)NCC(=O)N[C@@H](Cc1ccccc1)C(=O)NCC(=O)Nc1ccc(COC(=O)Oc2ccc([N+](=O)[O-])cc2)cc1)CN1C(=O)C=CC1=O. The number of imide groups is 1. The number of hydrogen-bond donors (Lipinski definition) is 5. The maximum absolute atomic E-state index is 13.3. The van der Waals surface area contributed by atoms with Crippen LogP contribution >= 0.6 is 0 Å². The standard InChI is InChI=1S/C43H49N7O12/c1-42(2,27-49-37(54)18-19-38(49)55)20-21-43(3,4)40(57)46-23-34(51)44-24-36(53)48-33(22-28-8-6-5-7-9-28)39(56)45-25-35(52)47-30-12-10-29(11-13-30)26-61-41(58)62-32-16-14-31(15-17-32)50(59)60/h5-19,33H,20-27H2,1-4H3,(H,44,51)(H,45,56)(H,46,57)(H,47,52)(H,48,53)/t33-/m0/s1. The Bertz CT molecular complexity index is 2150. The van der Waals surface area contributed by atoms with Crippen LogP contribution in [0.1, 0.15) is 51.7 Å². The zero-order valence-electron chi connectivity index (χ0n) is 34.7. The predicted octanol–water partition coefficient (Wildman–Crippen LogP) is 3.08. The largest absolute Gasteiger partial charge is 0.514 e. The number of carbonyl (C=O) groups excluding carboxylic acids is 8. The molecule has 4 rings (SSSR count). The molecular weight excluding hydrogens is 807 g/mol. The Morgan fingerprint density at radius 3 is 1.97 bits per heavy atom. The summed E-state index contributed by atoms with van der Waals surface area (Å²) in [4.78, 5) is 112. The number of carbonyl (C=O) groups is 8. The summed E-state index contributed by atoms with van der Waals surface area (Å²) in [6, 6.07) is 18.8. The third kappa shape index (κ3) is 15.3. The van der Waals surface area contributed by atoms with Crippen LogP contribution in [-0.2, 0) is 51.3 Å². The fourth-order valence-corrected chi connectivity index (χ4v) is 5.89. The number of nitrogens with zero attached hydrogens (tertiary/aromatic N) is 2. The van der Waals surface area contributed by atoms with E-state index < -0.39 is 77.1 Å². The molecule has 0 radical (unpaired) electrons. The highest BCUT2D eigenvalue weighted by molar-refractivity contribution is 6.12. The number of anilines is 1. The van der Waals surface area contributed by atoms with Gasteiger partial charge in [0.1, 0.15) is 18.4 Å². The van der Waals surface area contributed by atoms with Crippen LogP contribution < -0.4 is 31.3 Å². The number of nitro benzene ring substituents is 1. The van der Waals surface area contributed by atoms with Crippen molar-refractivity contribution in [3.63, 3.8) is 0 Å². The van der Waals surface area contributed by atoms with Gasteiger partial charge in [-0.3, -0.25) is 48.6 Å². The molecule has 19 nitrogen and oxygen atoms in total. The summed E-state index contributed by atoms with van der Waals surface area (Å²) >= 11 is 0. The smallest absolute Gasteiger partial charge is 0.429 e. The van der Waals surface area contributed by atoms with Gasteiger partial charge in [-0.15, -0.1) is 0 Å². The van der Waals surface area contributed by atoms with Crippen LogP contribution in [0.3, 0.4) is 0 Å². The zero-order chi connectivity index (χ0) is 45.5. The normalized spacial score (nSPS) is 12.8. The minimum Gasteiger partial charge on any atom is -0.429 e. The van der Waals surface area contributed by atoms with E-state index in [9.17, 15) is 48.5 Å². The lowest BCUT2D eigenvalue weighted by molar-refractivity contribution is -0.384.